The van der Waals surface area contributed by atoms with E-state index < -0.39 is 0 Å². The van der Waals surface area contributed by atoms with Crippen LogP contribution in [0.2, 0.25) is 0 Å². The monoisotopic (exact) mass is 288 g/mol. The van der Waals surface area contributed by atoms with Crippen LogP contribution < -0.4 is 4.74 Å². The van der Waals surface area contributed by atoms with Crippen molar-refractivity contribution in [1.29, 1.82) is 0 Å². The van der Waals surface area contributed by atoms with Gasteiger partial charge in [0.25, 0.3) is 0 Å². The number of rotatable bonds is 2. The van der Waals surface area contributed by atoms with Gasteiger partial charge in [0.15, 0.2) is 0 Å². The number of hydrogen-bond donors (Lipinski definition) is 0. The first-order valence-corrected chi connectivity index (χ1v) is 6.62. The maximum atomic E-state index is 6.04. The Morgan fingerprint density at radius 1 is 1.06 bits per heavy atom. The molecule has 0 heterocycles. The largest absolute Gasteiger partial charge is 0.486 e. The van der Waals surface area contributed by atoms with E-state index >= 15 is 0 Å². The third-order valence-electron chi connectivity index (χ3n) is 3.15. The van der Waals surface area contributed by atoms with Gasteiger partial charge in [-0.25, -0.2) is 0 Å². The molecule has 0 bridgehead atoms. The molecule has 0 amide bonds. The van der Waals surface area contributed by atoms with Gasteiger partial charge in [0.05, 0.1) is 0 Å². The molecule has 1 aliphatic rings. The minimum atomic E-state index is 0.199. The van der Waals surface area contributed by atoms with Crippen LogP contribution in [0.15, 0.2) is 53.0 Å². The maximum absolute atomic E-state index is 6.04. The maximum Gasteiger partial charge on any atom is 0.124 e. The average Bonchev–Trinajstić information content (AvgIpc) is 2.73. The Balaban J connectivity index is 1.86. The van der Waals surface area contributed by atoms with Crippen molar-refractivity contribution in [2.24, 2.45) is 0 Å². The fraction of sp³-hybridized carbons (Fsp3) is 0.200. The van der Waals surface area contributed by atoms with E-state index in [-0.39, 0.29) is 6.10 Å². The first kappa shape index (κ1) is 10.8. The zero-order chi connectivity index (χ0) is 11.7. The topological polar surface area (TPSA) is 9.23 Å². The molecular weight excluding hydrogens is 276 g/mol. The number of halogens is 1. The summed E-state index contributed by atoms with van der Waals surface area (Å²) in [6.07, 6.45) is 2.38. The molecule has 86 valence electrons. The lowest BCUT2D eigenvalue weighted by molar-refractivity contribution is 0.207. The second-order valence-corrected chi connectivity index (χ2v) is 5.22. The van der Waals surface area contributed by atoms with E-state index in [1.165, 1.54) is 11.1 Å². The summed E-state index contributed by atoms with van der Waals surface area (Å²) in [5.41, 5.74) is 2.73. The van der Waals surface area contributed by atoms with Crippen LogP contribution >= 0.6 is 15.9 Å². The summed E-state index contributed by atoms with van der Waals surface area (Å²) in [6, 6.07) is 16.5. The van der Waals surface area contributed by atoms with Crippen LogP contribution in [-0.4, -0.2) is 0 Å². The van der Waals surface area contributed by atoms with Crippen LogP contribution in [0.4, 0.5) is 0 Å². The Bertz CT molecular complexity index is 522. The second-order valence-electron chi connectivity index (χ2n) is 4.30. The number of aryl methyl sites for hydroxylation is 1. The van der Waals surface area contributed by atoms with E-state index in [0.717, 1.165) is 23.1 Å². The lowest BCUT2D eigenvalue weighted by atomic mass is 10.1. The van der Waals surface area contributed by atoms with E-state index in [0.29, 0.717) is 0 Å². The van der Waals surface area contributed by atoms with E-state index in [1.807, 2.05) is 30.3 Å². The lowest BCUT2D eigenvalue weighted by Crippen LogP contribution is -2.03. The van der Waals surface area contributed by atoms with Crippen molar-refractivity contribution in [3.8, 4) is 5.75 Å². The Hall–Kier alpha value is -1.28. The molecule has 1 nitrogen and oxygen atoms in total. The molecular formula is C15H13BrO. The van der Waals surface area contributed by atoms with Gasteiger partial charge in [-0.05, 0) is 48.2 Å². The van der Waals surface area contributed by atoms with Crippen molar-refractivity contribution in [3.05, 3.63) is 64.1 Å². The van der Waals surface area contributed by atoms with Crippen molar-refractivity contribution >= 4 is 15.9 Å². The first-order valence-electron chi connectivity index (χ1n) is 5.83. The Morgan fingerprint density at radius 3 is 2.71 bits per heavy atom. The molecule has 2 heteroatoms. The molecule has 0 fully saturated rings. The Morgan fingerprint density at radius 2 is 1.88 bits per heavy atom. The normalized spacial score (nSPS) is 17.8. The third kappa shape index (κ3) is 2.22. The molecule has 0 aromatic heterocycles. The second kappa shape index (κ2) is 4.53. The lowest BCUT2D eigenvalue weighted by Gasteiger charge is -2.15. The average molecular weight is 289 g/mol. The Kier molecular flexibility index (Phi) is 2.89. The minimum Gasteiger partial charge on any atom is -0.486 e. The number of benzene rings is 2. The number of fused-ring (bicyclic) bond motifs is 1. The summed E-state index contributed by atoms with van der Waals surface area (Å²) >= 11 is 3.52. The summed E-state index contributed by atoms with van der Waals surface area (Å²) < 4.78 is 7.16. The van der Waals surface area contributed by atoms with Crippen LogP contribution in [-0.2, 0) is 6.42 Å². The quantitative estimate of drug-likeness (QED) is 0.790. The van der Waals surface area contributed by atoms with E-state index in [4.69, 9.17) is 4.74 Å². The number of ether oxygens (including phenoxy) is 1. The van der Waals surface area contributed by atoms with Gasteiger partial charge in [-0.15, -0.1) is 0 Å². The van der Waals surface area contributed by atoms with Gasteiger partial charge in [0.2, 0.25) is 0 Å². The van der Waals surface area contributed by atoms with Crippen molar-refractivity contribution in [2.45, 2.75) is 18.9 Å². The van der Waals surface area contributed by atoms with E-state index in [1.54, 1.807) is 0 Å². The highest BCUT2D eigenvalue weighted by atomic mass is 79.9. The molecule has 2 aromatic rings. The van der Waals surface area contributed by atoms with Crippen molar-refractivity contribution in [1.82, 2.24) is 0 Å². The summed E-state index contributed by atoms with van der Waals surface area (Å²) in [5, 5.41) is 0. The van der Waals surface area contributed by atoms with Crippen molar-refractivity contribution in [2.75, 3.05) is 0 Å². The minimum absolute atomic E-state index is 0.199. The van der Waals surface area contributed by atoms with Gasteiger partial charge in [0.1, 0.15) is 11.9 Å². The highest BCUT2D eigenvalue weighted by Gasteiger charge is 2.23. The smallest absolute Gasteiger partial charge is 0.124 e. The molecule has 1 unspecified atom stereocenters. The standard InChI is InChI=1S/C15H13BrO/c16-12-8-6-11-7-9-15(14(11)10-12)17-13-4-2-1-3-5-13/h1-6,8,10,15H,7,9H2. The summed E-state index contributed by atoms with van der Waals surface area (Å²) in [6.45, 7) is 0. The molecule has 3 rings (SSSR count). The number of hydrogen-bond acceptors (Lipinski definition) is 1. The highest BCUT2D eigenvalue weighted by molar-refractivity contribution is 9.10. The predicted octanol–water partition coefficient (Wildman–Crippen LogP) is 4.52. The van der Waals surface area contributed by atoms with Gasteiger partial charge >= 0.3 is 0 Å². The zero-order valence-electron chi connectivity index (χ0n) is 9.40. The van der Waals surface area contributed by atoms with E-state index in [2.05, 4.69) is 34.1 Å². The molecule has 0 saturated heterocycles. The first-order chi connectivity index (χ1) is 8.33. The molecule has 0 saturated carbocycles. The predicted molar refractivity (Wildman–Crippen MR) is 72.3 cm³/mol. The molecule has 1 atom stereocenters. The van der Waals surface area contributed by atoms with Crippen LogP contribution in [0, 0.1) is 0 Å². The van der Waals surface area contributed by atoms with Gasteiger partial charge < -0.3 is 4.74 Å². The highest BCUT2D eigenvalue weighted by Crippen LogP contribution is 2.36. The Labute approximate surface area is 110 Å². The van der Waals surface area contributed by atoms with Gasteiger partial charge in [0, 0.05) is 4.47 Å². The van der Waals surface area contributed by atoms with E-state index in [9.17, 15) is 0 Å². The molecule has 2 aromatic carbocycles. The fourth-order valence-electron chi connectivity index (χ4n) is 2.32. The van der Waals surface area contributed by atoms with Crippen molar-refractivity contribution in [3.63, 3.8) is 0 Å². The molecule has 0 radical (unpaired) electrons. The molecule has 17 heavy (non-hydrogen) atoms. The summed E-state index contributed by atoms with van der Waals surface area (Å²) in [4.78, 5) is 0. The van der Waals surface area contributed by atoms with Crippen LogP contribution in [0.3, 0.4) is 0 Å². The van der Waals surface area contributed by atoms with Crippen molar-refractivity contribution < 1.29 is 4.74 Å². The molecule has 1 aliphatic carbocycles. The number of para-hydroxylation sites is 1. The molecule has 0 aliphatic heterocycles. The SMILES string of the molecule is Brc1ccc2c(c1)C(Oc1ccccc1)CC2. The molecule has 0 N–H and O–H groups in total. The van der Waals surface area contributed by atoms with Crippen LogP contribution in [0.5, 0.6) is 5.75 Å². The van der Waals surface area contributed by atoms with Crippen LogP contribution in [0.1, 0.15) is 23.7 Å². The zero-order valence-corrected chi connectivity index (χ0v) is 11.0. The van der Waals surface area contributed by atoms with Crippen LogP contribution in [0.25, 0.3) is 0 Å². The van der Waals surface area contributed by atoms with Gasteiger partial charge in [-0.3, -0.25) is 0 Å². The molecule has 0 spiro atoms. The summed E-state index contributed by atoms with van der Waals surface area (Å²) in [5.74, 6) is 0.949. The van der Waals surface area contributed by atoms with Gasteiger partial charge in [-0.1, -0.05) is 40.2 Å². The fourth-order valence-corrected chi connectivity index (χ4v) is 2.70. The summed E-state index contributed by atoms with van der Waals surface area (Å²) in [7, 11) is 0. The van der Waals surface area contributed by atoms with Gasteiger partial charge in [-0.2, -0.15) is 0 Å². The third-order valence-corrected chi connectivity index (χ3v) is 3.65.